The Morgan fingerprint density at radius 2 is 1.05 bits per heavy atom. The fourth-order valence-electron chi connectivity index (χ4n) is 9.56. The van der Waals surface area contributed by atoms with Crippen LogP contribution in [0.2, 0.25) is 0 Å². The molecular weight excluding hydrogens is 774 g/mol. The predicted octanol–water partition coefficient (Wildman–Crippen LogP) is 14.9. The van der Waals surface area contributed by atoms with E-state index in [0.29, 0.717) is 16.7 Å². The van der Waals surface area contributed by atoms with Crippen molar-refractivity contribution in [3.8, 4) is 56.9 Å². The van der Waals surface area contributed by atoms with E-state index < -0.39 is 11.7 Å². The average molecular weight is 811 g/mol. The first kappa shape index (κ1) is 38.3. The van der Waals surface area contributed by atoms with Crippen LogP contribution in [-0.2, 0) is 6.18 Å². The second-order valence-electron chi connectivity index (χ2n) is 16.2. The number of hydrogen-bond donors (Lipinski definition) is 0. The molecule has 62 heavy (non-hydrogen) atoms. The number of aryl methyl sites for hydroxylation is 4. The summed E-state index contributed by atoms with van der Waals surface area (Å²) >= 11 is 0. The molecule has 0 saturated heterocycles. The molecule has 0 aliphatic rings. The van der Waals surface area contributed by atoms with E-state index in [1.165, 1.54) is 28.3 Å². The summed E-state index contributed by atoms with van der Waals surface area (Å²) in [6, 6.07) is 53.1. The van der Waals surface area contributed by atoms with E-state index in [1.54, 1.807) is 6.07 Å². The molecule has 0 aliphatic carbocycles. The van der Waals surface area contributed by atoms with Crippen molar-refractivity contribution in [3.05, 3.63) is 191 Å². The van der Waals surface area contributed by atoms with Gasteiger partial charge in [-0.25, -0.2) is 0 Å². The summed E-state index contributed by atoms with van der Waals surface area (Å²) in [6.45, 7) is 8.49. The second kappa shape index (κ2) is 14.4. The number of rotatable bonds is 5. The van der Waals surface area contributed by atoms with Crippen molar-refractivity contribution in [3.63, 3.8) is 0 Å². The smallest absolute Gasteiger partial charge is 0.309 e. The van der Waals surface area contributed by atoms with Gasteiger partial charge in [0.1, 0.15) is 0 Å². The van der Waals surface area contributed by atoms with Crippen molar-refractivity contribution in [1.29, 1.82) is 10.5 Å². The highest BCUT2D eigenvalue weighted by Crippen LogP contribution is 2.44. The molecule has 8 aromatic carbocycles. The lowest BCUT2D eigenvalue weighted by molar-refractivity contribution is -0.137. The van der Waals surface area contributed by atoms with Gasteiger partial charge in [0.25, 0.3) is 0 Å². The number of nitrogens with zero attached hydrogens (tertiary/aromatic N) is 4. The molecule has 0 saturated carbocycles. The number of aromatic nitrogens is 2. The van der Waals surface area contributed by atoms with Crippen LogP contribution >= 0.6 is 0 Å². The Kier molecular flexibility index (Phi) is 8.91. The van der Waals surface area contributed by atoms with Gasteiger partial charge in [-0.3, -0.25) is 0 Å². The third-order valence-electron chi connectivity index (χ3n) is 12.1. The maximum absolute atomic E-state index is 13.9. The highest BCUT2D eigenvalue weighted by atomic mass is 19.4. The van der Waals surface area contributed by atoms with Crippen LogP contribution in [0.5, 0.6) is 0 Å². The van der Waals surface area contributed by atoms with Gasteiger partial charge >= 0.3 is 6.18 Å². The van der Waals surface area contributed by atoms with E-state index in [-0.39, 0.29) is 5.56 Å². The first-order valence-corrected chi connectivity index (χ1v) is 20.4. The number of halogens is 3. The molecule has 4 nitrogen and oxygen atoms in total. The largest absolute Gasteiger partial charge is 0.416 e. The van der Waals surface area contributed by atoms with Crippen LogP contribution in [-0.4, -0.2) is 9.13 Å². The topological polar surface area (TPSA) is 57.4 Å². The minimum atomic E-state index is -4.61. The average Bonchev–Trinajstić information content (AvgIpc) is 3.77. The van der Waals surface area contributed by atoms with Gasteiger partial charge in [-0.2, -0.15) is 23.7 Å². The fraction of sp³-hybridized carbons (Fsp3) is 0.0909. The summed E-state index contributed by atoms with van der Waals surface area (Å²) in [7, 11) is 0. The van der Waals surface area contributed by atoms with Crippen LogP contribution in [0.15, 0.2) is 152 Å². The quantitative estimate of drug-likeness (QED) is 0.174. The van der Waals surface area contributed by atoms with Crippen LogP contribution in [0.4, 0.5) is 13.2 Å². The van der Waals surface area contributed by atoms with E-state index in [0.717, 1.165) is 89.4 Å². The van der Waals surface area contributed by atoms with E-state index >= 15 is 0 Å². The van der Waals surface area contributed by atoms with Crippen LogP contribution in [0, 0.1) is 50.4 Å². The van der Waals surface area contributed by atoms with Gasteiger partial charge in [-0.15, -0.1) is 0 Å². The van der Waals surface area contributed by atoms with Crippen LogP contribution in [0.25, 0.3) is 88.4 Å². The highest BCUT2D eigenvalue weighted by Gasteiger charge is 2.31. The van der Waals surface area contributed by atoms with Crippen LogP contribution < -0.4 is 0 Å². The van der Waals surface area contributed by atoms with Crippen molar-refractivity contribution in [2.24, 2.45) is 0 Å². The lowest BCUT2D eigenvalue weighted by atomic mass is 9.92. The minimum absolute atomic E-state index is 0.0811. The summed E-state index contributed by atoms with van der Waals surface area (Å²) in [5.74, 6) is 0. The summed E-state index contributed by atoms with van der Waals surface area (Å²) < 4.78 is 46.2. The molecule has 0 N–H and O–H groups in total. The lowest BCUT2D eigenvalue weighted by Gasteiger charge is -2.20. The summed E-state index contributed by atoms with van der Waals surface area (Å²) in [4.78, 5) is 0. The zero-order valence-electron chi connectivity index (χ0n) is 34.4. The van der Waals surface area contributed by atoms with Gasteiger partial charge in [-0.1, -0.05) is 90.0 Å². The normalized spacial score (nSPS) is 11.8. The Bertz CT molecular complexity index is 3570. The predicted molar refractivity (Wildman–Crippen MR) is 245 cm³/mol. The van der Waals surface area contributed by atoms with Crippen molar-refractivity contribution < 1.29 is 13.2 Å². The van der Waals surface area contributed by atoms with Crippen molar-refractivity contribution in [1.82, 2.24) is 9.13 Å². The Morgan fingerprint density at radius 3 is 1.71 bits per heavy atom. The Morgan fingerprint density at radius 1 is 0.452 bits per heavy atom. The first-order valence-electron chi connectivity index (χ1n) is 20.4. The summed E-state index contributed by atoms with van der Waals surface area (Å²) in [5.41, 5.74) is 14.6. The van der Waals surface area contributed by atoms with Gasteiger partial charge in [0.15, 0.2) is 0 Å². The van der Waals surface area contributed by atoms with E-state index in [4.69, 9.17) is 0 Å². The maximum Gasteiger partial charge on any atom is 0.416 e. The molecule has 0 bridgehead atoms. The third kappa shape index (κ3) is 6.13. The zero-order valence-corrected chi connectivity index (χ0v) is 34.4. The first-order chi connectivity index (χ1) is 29.9. The Balaban J connectivity index is 1.31. The monoisotopic (exact) mass is 810 g/mol. The number of hydrogen-bond acceptors (Lipinski definition) is 2. The molecule has 0 unspecified atom stereocenters. The molecule has 0 atom stereocenters. The van der Waals surface area contributed by atoms with Gasteiger partial charge in [0, 0.05) is 32.7 Å². The van der Waals surface area contributed by atoms with Crippen molar-refractivity contribution >= 4 is 43.6 Å². The van der Waals surface area contributed by atoms with Crippen LogP contribution in [0.3, 0.4) is 0 Å². The number of fused-ring (bicyclic) bond motifs is 6. The van der Waals surface area contributed by atoms with E-state index in [2.05, 4.69) is 116 Å². The Labute approximate surface area is 356 Å². The third-order valence-corrected chi connectivity index (χ3v) is 12.1. The SMILES string of the molecule is Cc1cc(C)c(-c2ccc3c(c2)c2ccccc2n3-c2ccc(-c3ccc(C(F)(F)F)cc3C#N)cc2-c2ccc(C#N)cc2-n2c3ccccc3c3cc(C)ccc32)c(C)c1. The molecule has 10 rings (SSSR count). The molecule has 7 heteroatoms. The second-order valence-corrected chi connectivity index (χ2v) is 16.2. The summed E-state index contributed by atoms with van der Waals surface area (Å²) in [6.07, 6.45) is -4.61. The Hall–Kier alpha value is -7.87. The van der Waals surface area contributed by atoms with Gasteiger partial charge in [-0.05, 0) is 134 Å². The minimum Gasteiger partial charge on any atom is -0.309 e. The molecule has 10 aromatic rings. The van der Waals surface area contributed by atoms with Gasteiger partial charge in [0.05, 0.1) is 62.3 Å². The molecule has 0 spiro atoms. The molecule has 2 aromatic heterocycles. The van der Waals surface area contributed by atoms with Crippen molar-refractivity contribution in [2.45, 2.75) is 33.9 Å². The number of benzene rings is 8. The summed E-state index contributed by atoms with van der Waals surface area (Å²) in [5, 5.41) is 24.8. The zero-order chi connectivity index (χ0) is 43.0. The standard InChI is InChI=1S/C55H37F3N4/c1-32-13-20-50-45(25-32)42-9-5-8-12-49(42)62(50)53-26-36(30-59)14-18-44(53)46-28-37(41-19-17-40(55(56,57)58)27-39(41)31-60)15-21-51(46)61-48-11-7-6-10-43(48)47-29-38(16-22-52(47)61)54-34(3)23-33(2)24-35(54)4/h5-29H,1-4H3. The highest BCUT2D eigenvalue weighted by molar-refractivity contribution is 6.12. The van der Waals surface area contributed by atoms with Gasteiger partial charge < -0.3 is 9.13 Å². The molecule has 298 valence electrons. The maximum atomic E-state index is 13.9. The molecule has 2 heterocycles. The molecule has 0 radical (unpaired) electrons. The number of nitriles is 2. The molecule has 0 fully saturated rings. The lowest BCUT2D eigenvalue weighted by Crippen LogP contribution is -2.05. The van der Waals surface area contributed by atoms with E-state index in [9.17, 15) is 23.7 Å². The fourth-order valence-corrected chi connectivity index (χ4v) is 9.56. The molecule has 0 aliphatic heterocycles. The number of para-hydroxylation sites is 2. The number of alkyl halides is 3. The van der Waals surface area contributed by atoms with E-state index in [1.807, 2.05) is 60.7 Å². The molecular formula is C55H37F3N4. The van der Waals surface area contributed by atoms with Crippen LogP contribution in [0.1, 0.15) is 38.9 Å². The van der Waals surface area contributed by atoms with Crippen molar-refractivity contribution in [2.75, 3.05) is 0 Å². The van der Waals surface area contributed by atoms with Gasteiger partial charge in [0.2, 0.25) is 0 Å². The molecule has 0 amide bonds.